The lowest BCUT2D eigenvalue weighted by Crippen LogP contribution is -2.27. The van der Waals surface area contributed by atoms with Gasteiger partial charge in [0, 0.05) is 18.7 Å². The quantitative estimate of drug-likeness (QED) is 0.442. The molecule has 0 N–H and O–H groups in total. The van der Waals surface area contributed by atoms with Crippen LogP contribution >= 0.6 is 0 Å². The maximum absolute atomic E-state index is 12.5. The molecule has 0 amide bonds. The Balaban J connectivity index is 1.51. The van der Waals surface area contributed by atoms with Crippen LogP contribution in [0.1, 0.15) is 23.2 Å². The summed E-state index contributed by atoms with van der Waals surface area (Å²) in [6.07, 6.45) is 1.70. The van der Waals surface area contributed by atoms with E-state index < -0.39 is 28.4 Å². The van der Waals surface area contributed by atoms with E-state index in [1.54, 1.807) is 24.3 Å². The summed E-state index contributed by atoms with van der Waals surface area (Å²) in [4.78, 5) is 24.2. The molecule has 2 aromatic rings. The number of para-hydroxylation sites is 2. The zero-order chi connectivity index (χ0) is 21.6. The van der Waals surface area contributed by atoms with Crippen molar-refractivity contribution in [2.24, 2.45) is 0 Å². The van der Waals surface area contributed by atoms with E-state index in [2.05, 4.69) is 0 Å². The molecule has 1 aliphatic heterocycles. The average Bonchev–Trinajstić information content (AvgIpc) is 3.32. The van der Waals surface area contributed by atoms with E-state index in [0.717, 1.165) is 12.8 Å². The second kappa shape index (κ2) is 9.73. The van der Waals surface area contributed by atoms with Crippen LogP contribution in [0.5, 0.6) is 11.5 Å². The van der Waals surface area contributed by atoms with Crippen molar-refractivity contribution in [3.8, 4) is 11.5 Å². The van der Waals surface area contributed by atoms with Gasteiger partial charge in [0.25, 0.3) is 0 Å². The molecule has 0 atom stereocenters. The number of methoxy groups -OCH3 is 1. The van der Waals surface area contributed by atoms with Crippen molar-refractivity contribution in [3.05, 3.63) is 54.1 Å². The summed E-state index contributed by atoms with van der Waals surface area (Å²) in [6, 6.07) is 12.5. The van der Waals surface area contributed by atoms with Gasteiger partial charge in [0.2, 0.25) is 10.0 Å². The lowest BCUT2D eigenvalue weighted by Gasteiger charge is -2.15. The predicted molar refractivity (Wildman–Crippen MR) is 108 cm³/mol. The van der Waals surface area contributed by atoms with Gasteiger partial charge in [0.1, 0.15) is 0 Å². The fourth-order valence-corrected chi connectivity index (χ4v) is 4.55. The molecule has 1 aliphatic rings. The number of rotatable bonds is 9. The van der Waals surface area contributed by atoms with Gasteiger partial charge < -0.3 is 14.2 Å². The van der Waals surface area contributed by atoms with Crippen LogP contribution in [0.4, 0.5) is 0 Å². The summed E-state index contributed by atoms with van der Waals surface area (Å²) in [5.74, 6) is -0.281. The molecular weight excluding hydrogens is 410 g/mol. The standard InChI is InChI=1S/C21H23NO7S/c1-27-19-6-2-3-7-20(19)28-15-21(24)29-14-18(23)16-8-10-17(11-9-16)30(25,26)22-12-4-5-13-22/h2-3,6-11H,4-5,12-15H2,1H3. The minimum atomic E-state index is -3.54. The smallest absolute Gasteiger partial charge is 0.344 e. The molecule has 0 bridgehead atoms. The van der Waals surface area contributed by atoms with Crippen molar-refractivity contribution in [1.82, 2.24) is 4.31 Å². The molecule has 0 aliphatic carbocycles. The van der Waals surface area contributed by atoms with Gasteiger partial charge in [-0.3, -0.25) is 4.79 Å². The Morgan fingerprint density at radius 3 is 2.20 bits per heavy atom. The molecule has 0 spiro atoms. The number of hydrogen-bond donors (Lipinski definition) is 0. The number of hydrogen-bond acceptors (Lipinski definition) is 7. The number of sulfonamides is 1. The highest BCUT2D eigenvalue weighted by Gasteiger charge is 2.27. The summed E-state index contributed by atoms with van der Waals surface area (Å²) in [5, 5.41) is 0. The number of benzene rings is 2. The van der Waals surface area contributed by atoms with Gasteiger partial charge in [-0.1, -0.05) is 12.1 Å². The third-order valence-electron chi connectivity index (χ3n) is 4.66. The fraction of sp³-hybridized carbons (Fsp3) is 0.333. The lowest BCUT2D eigenvalue weighted by molar-refractivity contribution is -0.144. The largest absolute Gasteiger partial charge is 0.493 e. The van der Waals surface area contributed by atoms with Gasteiger partial charge in [-0.15, -0.1) is 0 Å². The minimum Gasteiger partial charge on any atom is -0.493 e. The average molecular weight is 433 g/mol. The highest BCUT2D eigenvalue weighted by atomic mass is 32.2. The van der Waals surface area contributed by atoms with E-state index in [1.165, 1.54) is 35.7 Å². The first kappa shape index (κ1) is 21.8. The predicted octanol–water partition coefficient (Wildman–Crippen LogP) is 2.28. The first-order valence-electron chi connectivity index (χ1n) is 9.46. The second-order valence-corrected chi connectivity index (χ2v) is 8.60. The van der Waals surface area contributed by atoms with Crippen molar-refractivity contribution in [2.45, 2.75) is 17.7 Å². The third-order valence-corrected chi connectivity index (χ3v) is 6.57. The molecule has 1 saturated heterocycles. The first-order valence-corrected chi connectivity index (χ1v) is 10.9. The summed E-state index contributed by atoms with van der Waals surface area (Å²) < 4.78 is 41.9. The monoisotopic (exact) mass is 433 g/mol. The Morgan fingerprint density at radius 2 is 1.57 bits per heavy atom. The van der Waals surface area contributed by atoms with Crippen molar-refractivity contribution < 1.29 is 32.2 Å². The van der Waals surface area contributed by atoms with Gasteiger partial charge >= 0.3 is 5.97 Å². The molecule has 0 saturated carbocycles. The van der Waals surface area contributed by atoms with Crippen LogP contribution in [-0.4, -0.2) is 57.9 Å². The molecule has 8 nitrogen and oxygen atoms in total. The molecule has 1 heterocycles. The number of Topliss-reactive ketones (excluding diaryl/α,β-unsaturated/α-hetero) is 1. The van der Waals surface area contributed by atoms with E-state index in [4.69, 9.17) is 14.2 Å². The van der Waals surface area contributed by atoms with Crippen molar-refractivity contribution >= 4 is 21.8 Å². The Hall–Kier alpha value is -2.91. The molecule has 30 heavy (non-hydrogen) atoms. The Labute approximate surface area is 175 Å². The summed E-state index contributed by atoms with van der Waals surface area (Å²) in [7, 11) is -2.05. The summed E-state index contributed by atoms with van der Waals surface area (Å²) in [5.41, 5.74) is 0.258. The molecule has 160 valence electrons. The molecule has 0 radical (unpaired) electrons. The molecule has 0 unspecified atom stereocenters. The Bertz CT molecular complexity index is 996. The second-order valence-electron chi connectivity index (χ2n) is 6.66. The van der Waals surface area contributed by atoms with Gasteiger partial charge in [0.15, 0.2) is 30.5 Å². The first-order chi connectivity index (χ1) is 14.4. The normalized spacial score (nSPS) is 14.3. The van der Waals surface area contributed by atoms with Gasteiger partial charge in [-0.2, -0.15) is 4.31 Å². The van der Waals surface area contributed by atoms with Crippen molar-refractivity contribution in [2.75, 3.05) is 33.4 Å². The van der Waals surface area contributed by atoms with Gasteiger partial charge in [-0.05, 0) is 49.2 Å². The SMILES string of the molecule is COc1ccccc1OCC(=O)OCC(=O)c1ccc(S(=O)(=O)N2CCCC2)cc1. The summed E-state index contributed by atoms with van der Waals surface area (Å²) >= 11 is 0. The number of carbonyl (C=O) groups excluding carboxylic acids is 2. The zero-order valence-electron chi connectivity index (χ0n) is 16.6. The number of ketones is 1. The maximum Gasteiger partial charge on any atom is 0.344 e. The number of esters is 1. The van der Waals surface area contributed by atoms with Gasteiger partial charge in [-0.25, -0.2) is 13.2 Å². The Kier molecular flexibility index (Phi) is 7.07. The topological polar surface area (TPSA) is 99.2 Å². The van der Waals surface area contributed by atoms with Crippen LogP contribution < -0.4 is 9.47 Å². The van der Waals surface area contributed by atoms with E-state index in [1.807, 2.05) is 0 Å². The van der Waals surface area contributed by atoms with Crippen LogP contribution in [0.3, 0.4) is 0 Å². The van der Waals surface area contributed by atoms with E-state index in [-0.39, 0.29) is 17.1 Å². The van der Waals surface area contributed by atoms with E-state index in [0.29, 0.717) is 24.6 Å². The number of carbonyl (C=O) groups is 2. The molecule has 2 aromatic carbocycles. The van der Waals surface area contributed by atoms with Crippen LogP contribution in [0.2, 0.25) is 0 Å². The number of nitrogens with zero attached hydrogens (tertiary/aromatic N) is 1. The number of ether oxygens (including phenoxy) is 3. The van der Waals surface area contributed by atoms with Gasteiger partial charge in [0.05, 0.1) is 12.0 Å². The van der Waals surface area contributed by atoms with E-state index >= 15 is 0 Å². The molecule has 9 heteroatoms. The highest BCUT2D eigenvalue weighted by molar-refractivity contribution is 7.89. The zero-order valence-corrected chi connectivity index (χ0v) is 17.4. The molecule has 3 rings (SSSR count). The molecular formula is C21H23NO7S. The summed E-state index contributed by atoms with van der Waals surface area (Å²) in [6.45, 7) is 0.179. The van der Waals surface area contributed by atoms with Crippen molar-refractivity contribution in [3.63, 3.8) is 0 Å². The minimum absolute atomic E-state index is 0.142. The van der Waals surface area contributed by atoms with Crippen LogP contribution in [-0.2, 0) is 19.6 Å². The fourth-order valence-electron chi connectivity index (χ4n) is 3.04. The van der Waals surface area contributed by atoms with Crippen LogP contribution in [0.15, 0.2) is 53.4 Å². The van der Waals surface area contributed by atoms with E-state index in [9.17, 15) is 18.0 Å². The third kappa shape index (κ3) is 5.17. The lowest BCUT2D eigenvalue weighted by atomic mass is 10.1. The maximum atomic E-state index is 12.5. The molecule has 0 aromatic heterocycles. The molecule has 1 fully saturated rings. The van der Waals surface area contributed by atoms with Crippen molar-refractivity contribution in [1.29, 1.82) is 0 Å². The van der Waals surface area contributed by atoms with Crippen LogP contribution in [0, 0.1) is 0 Å². The Morgan fingerprint density at radius 1 is 0.933 bits per heavy atom. The highest BCUT2D eigenvalue weighted by Crippen LogP contribution is 2.25. The van der Waals surface area contributed by atoms with Crippen LogP contribution in [0.25, 0.3) is 0 Å².